The second-order valence-electron chi connectivity index (χ2n) is 9.50. The van der Waals surface area contributed by atoms with Gasteiger partial charge in [-0.2, -0.15) is 10.3 Å². The van der Waals surface area contributed by atoms with Gasteiger partial charge in [-0.3, -0.25) is 4.57 Å². The van der Waals surface area contributed by atoms with Gasteiger partial charge in [0.1, 0.15) is 5.82 Å². The summed E-state index contributed by atoms with van der Waals surface area (Å²) in [6.07, 6.45) is 0. The summed E-state index contributed by atoms with van der Waals surface area (Å²) < 4.78 is 3.39. The minimum atomic E-state index is -0.231. The summed E-state index contributed by atoms with van der Waals surface area (Å²) in [5, 5.41) is 19.1. The van der Waals surface area contributed by atoms with E-state index in [9.17, 15) is 4.79 Å². The lowest BCUT2D eigenvalue weighted by Gasteiger charge is -2.18. The van der Waals surface area contributed by atoms with Crippen molar-refractivity contribution in [2.45, 2.75) is 53.1 Å². The minimum absolute atomic E-state index is 0.0600. The Morgan fingerprint density at radius 1 is 1.00 bits per heavy atom. The lowest BCUT2D eigenvalue weighted by atomic mass is 9.95. The molecule has 0 saturated carbocycles. The van der Waals surface area contributed by atoms with Gasteiger partial charge in [-0.1, -0.05) is 83.1 Å². The molecule has 0 bridgehead atoms. The van der Waals surface area contributed by atoms with Crippen molar-refractivity contribution in [1.29, 1.82) is 0 Å². The highest BCUT2D eigenvalue weighted by molar-refractivity contribution is 5.80. The molecule has 0 amide bonds. The highest BCUT2D eigenvalue weighted by Crippen LogP contribution is 2.30. The van der Waals surface area contributed by atoms with Gasteiger partial charge in [0.15, 0.2) is 0 Å². The van der Waals surface area contributed by atoms with E-state index < -0.39 is 0 Å². The SMILES string of the molecule is CC(C)Cn1nc(C(C)(C)C)n(Cc2ccc(-c3ccccc3-c3nn[nH]n3)cc2)c1=O. The Bertz CT molecular complexity index is 1240. The monoisotopic (exact) mass is 431 g/mol. The number of benzene rings is 2. The smallest absolute Gasteiger partial charge is 0.274 e. The van der Waals surface area contributed by atoms with Gasteiger partial charge in [0.25, 0.3) is 0 Å². The summed E-state index contributed by atoms with van der Waals surface area (Å²) in [7, 11) is 0. The first-order valence-electron chi connectivity index (χ1n) is 10.8. The van der Waals surface area contributed by atoms with Crippen molar-refractivity contribution >= 4 is 0 Å². The molecule has 0 radical (unpaired) electrons. The zero-order valence-corrected chi connectivity index (χ0v) is 19.2. The van der Waals surface area contributed by atoms with Crippen LogP contribution in [0.1, 0.15) is 46.0 Å². The van der Waals surface area contributed by atoms with Crippen molar-refractivity contribution in [3.05, 3.63) is 70.4 Å². The third-order valence-electron chi connectivity index (χ3n) is 5.25. The minimum Gasteiger partial charge on any atom is -0.274 e. The molecular formula is C24H29N7O. The Hall–Kier alpha value is -3.55. The van der Waals surface area contributed by atoms with Crippen molar-refractivity contribution in [3.63, 3.8) is 0 Å². The molecule has 4 rings (SSSR count). The summed E-state index contributed by atoms with van der Waals surface area (Å²) in [6, 6.07) is 16.2. The van der Waals surface area contributed by atoms with Crippen LogP contribution in [0.3, 0.4) is 0 Å². The predicted molar refractivity (Wildman–Crippen MR) is 124 cm³/mol. The zero-order chi connectivity index (χ0) is 22.9. The molecule has 4 aromatic rings. The quantitative estimate of drug-likeness (QED) is 0.500. The molecule has 2 aromatic heterocycles. The molecule has 2 heterocycles. The molecule has 0 atom stereocenters. The van der Waals surface area contributed by atoms with Crippen LogP contribution in [-0.2, 0) is 18.5 Å². The maximum Gasteiger partial charge on any atom is 0.346 e. The zero-order valence-electron chi connectivity index (χ0n) is 19.2. The van der Waals surface area contributed by atoms with E-state index in [1.54, 1.807) is 9.25 Å². The first-order chi connectivity index (χ1) is 15.2. The van der Waals surface area contributed by atoms with E-state index in [1.165, 1.54) is 0 Å². The van der Waals surface area contributed by atoms with Crippen LogP contribution in [0.25, 0.3) is 22.5 Å². The standard InChI is InChI=1S/C24H29N7O/c1-16(2)14-31-23(32)30(22(27-31)24(3,4)5)15-17-10-12-18(13-11-17)19-8-6-7-9-20(19)21-25-28-29-26-21/h6-13,16H,14-15H2,1-5H3,(H,25,26,28,29). The molecule has 0 aliphatic carbocycles. The van der Waals surface area contributed by atoms with E-state index in [2.05, 4.69) is 84.6 Å². The van der Waals surface area contributed by atoms with Gasteiger partial charge in [-0.05, 0) is 27.8 Å². The Kier molecular flexibility index (Phi) is 5.78. The van der Waals surface area contributed by atoms with Gasteiger partial charge in [0, 0.05) is 17.5 Å². The van der Waals surface area contributed by atoms with Crippen LogP contribution in [0.15, 0.2) is 53.3 Å². The topological polar surface area (TPSA) is 94.3 Å². The van der Waals surface area contributed by atoms with Crippen molar-refractivity contribution < 1.29 is 0 Å². The van der Waals surface area contributed by atoms with Crippen LogP contribution in [-0.4, -0.2) is 35.0 Å². The van der Waals surface area contributed by atoms with Gasteiger partial charge in [0.05, 0.1) is 6.54 Å². The lowest BCUT2D eigenvalue weighted by molar-refractivity contribution is 0.457. The second-order valence-corrected chi connectivity index (χ2v) is 9.50. The van der Waals surface area contributed by atoms with Crippen molar-refractivity contribution in [2.75, 3.05) is 0 Å². The van der Waals surface area contributed by atoms with E-state index in [1.807, 2.05) is 24.3 Å². The number of rotatable bonds is 6. The third kappa shape index (κ3) is 4.39. The third-order valence-corrected chi connectivity index (χ3v) is 5.25. The average molecular weight is 432 g/mol. The lowest BCUT2D eigenvalue weighted by Crippen LogP contribution is -2.29. The van der Waals surface area contributed by atoms with Crippen LogP contribution >= 0.6 is 0 Å². The summed E-state index contributed by atoms with van der Waals surface area (Å²) in [5.74, 6) is 1.71. The summed E-state index contributed by atoms with van der Waals surface area (Å²) in [5.41, 5.74) is 3.74. The fourth-order valence-electron chi connectivity index (χ4n) is 3.78. The number of nitrogens with zero attached hydrogens (tertiary/aromatic N) is 6. The van der Waals surface area contributed by atoms with Crippen molar-refractivity contribution in [1.82, 2.24) is 35.0 Å². The highest BCUT2D eigenvalue weighted by atomic mass is 16.2. The van der Waals surface area contributed by atoms with Crippen LogP contribution in [0.5, 0.6) is 0 Å². The second kappa shape index (κ2) is 8.53. The first-order valence-corrected chi connectivity index (χ1v) is 10.8. The van der Waals surface area contributed by atoms with Gasteiger partial charge in [0.2, 0.25) is 5.82 Å². The average Bonchev–Trinajstić information content (AvgIpc) is 3.38. The van der Waals surface area contributed by atoms with E-state index in [0.717, 1.165) is 28.1 Å². The van der Waals surface area contributed by atoms with Gasteiger partial charge < -0.3 is 0 Å². The number of hydrogen-bond acceptors (Lipinski definition) is 5. The van der Waals surface area contributed by atoms with Crippen LogP contribution < -0.4 is 5.69 Å². The Balaban J connectivity index is 1.66. The van der Waals surface area contributed by atoms with Gasteiger partial charge in [-0.25, -0.2) is 9.48 Å². The number of aromatic amines is 1. The molecule has 2 aromatic carbocycles. The molecule has 8 nitrogen and oxygen atoms in total. The maximum atomic E-state index is 13.1. The predicted octanol–water partition coefficient (Wildman–Crippen LogP) is 3.89. The van der Waals surface area contributed by atoms with Crippen molar-refractivity contribution in [3.8, 4) is 22.5 Å². The molecule has 166 valence electrons. The fraction of sp³-hybridized carbons (Fsp3) is 0.375. The molecule has 0 spiro atoms. The van der Waals surface area contributed by atoms with Crippen molar-refractivity contribution in [2.24, 2.45) is 5.92 Å². The number of H-pyrrole nitrogens is 1. The number of nitrogens with one attached hydrogen (secondary N) is 1. The number of tetrazole rings is 1. The largest absolute Gasteiger partial charge is 0.346 e. The summed E-state index contributed by atoms with van der Waals surface area (Å²) in [6.45, 7) is 11.5. The highest BCUT2D eigenvalue weighted by Gasteiger charge is 2.25. The van der Waals surface area contributed by atoms with Crippen LogP contribution in [0.2, 0.25) is 0 Å². The molecule has 8 heteroatoms. The first kappa shape index (κ1) is 21.7. The number of aromatic nitrogens is 7. The molecule has 0 saturated heterocycles. The van der Waals surface area contributed by atoms with Gasteiger partial charge in [-0.15, -0.1) is 10.2 Å². The molecule has 0 unspecified atom stereocenters. The Labute approximate surface area is 187 Å². The molecule has 1 N–H and O–H groups in total. The molecule has 0 aliphatic rings. The number of hydrogen-bond donors (Lipinski definition) is 1. The van der Waals surface area contributed by atoms with E-state index in [4.69, 9.17) is 0 Å². The van der Waals surface area contributed by atoms with Crippen LogP contribution in [0, 0.1) is 5.92 Å². The normalized spacial score (nSPS) is 11.9. The van der Waals surface area contributed by atoms with E-state index in [0.29, 0.717) is 24.8 Å². The molecule has 0 aliphatic heterocycles. The fourth-order valence-corrected chi connectivity index (χ4v) is 3.78. The Morgan fingerprint density at radius 3 is 2.28 bits per heavy atom. The van der Waals surface area contributed by atoms with Crippen LogP contribution in [0.4, 0.5) is 0 Å². The summed E-state index contributed by atoms with van der Waals surface area (Å²) >= 11 is 0. The maximum absolute atomic E-state index is 13.1. The molecule has 32 heavy (non-hydrogen) atoms. The summed E-state index contributed by atoms with van der Waals surface area (Å²) in [4.78, 5) is 13.1. The molecular weight excluding hydrogens is 402 g/mol. The van der Waals surface area contributed by atoms with E-state index in [-0.39, 0.29) is 11.1 Å². The van der Waals surface area contributed by atoms with Gasteiger partial charge >= 0.3 is 5.69 Å². The van der Waals surface area contributed by atoms with E-state index >= 15 is 0 Å². The molecule has 0 fully saturated rings. The Morgan fingerprint density at radius 2 is 1.69 bits per heavy atom.